The molecular formula is C16H22N4O2S. The molecule has 0 spiro atoms. The van der Waals surface area contributed by atoms with Crippen molar-refractivity contribution >= 4 is 23.3 Å². The van der Waals surface area contributed by atoms with E-state index in [1.165, 1.54) is 38.5 Å². The summed E-state index contributed by atoms with van der Waals surface area (Å²) in [5, 5.41) is 3.81. The number of hydrazine groups is 1. The number of rotatable bonds is 3. The Morgan fingerprint density at radius 3 is 2.26 bits per heavy atom. The van der Waals surface area contributed by atoms with Gasteiger partial charge in [0.15, 0.2) is 0 Å². The number of hydrogen-bond acceptors (Lipinski definition) is 5. The summed E-state index contributed by atoms with van der Waals surface area (Å²) >= 11 is 1.04. The summed E-state index contributed by atoms with van der Waals surface area (Å²) in [4.78, 5) is 24.8. The molecule has 6 nitrogen and oxygen atoms in total. The molecule has 4 aliphatic rings. The lowest BCUT2D eigenvalue weighted by molar-refractivity contribution is -0.130. The Hall–Kier alpha value is -1.50. The van der Waals surface area contributed by atoms with E-state index in [0.717, 1.165) is 29.3 Å². The van der Waals surface area contributed by atoms with Crippen molar-refractivity contribution in [3.05, 3.63) is 10.6 Å². The first-order chi connectivity index (χ1) is 11.0. The van der Waals surface area contributed by atoms with Gasteiger partial charge in [0, 0.05) is 6.42 Å². The van der Waals surface area contributed by atoms with E-state index < -0.39 is 0 Å². The average molecular weight is 334 g/mol. The predicted molar refractivity (Wildman–Crippen MR) is 85.5 cm³/mol. The lowest BCUT2D eigenvalue weighted by Gasteiger charge is -2.56. The second kappa shape index (κ2) is 5.54. The molecule has 0 aromatic carbocycles. The third kappa shape index (κ3) is 2.86. The number of aryl methyl sites for hydroxylation is 1. The molecule has 1 heterocycles. The topological polar surface area (TPSA) is 84.0 Å². The van der Waals surface area contributed by atoms with Gasteiger partial charge in [-0.1, -0.05) is 4.49 Å². The highest BCUT2D eigenvalue weighted by molar-refractivity contribution is 7.07. The minimum Gasteiger partial charge on any atom is -0.273 e. The van der Waals surface area contributed by atoms with Crippen LogP contribution in [0.1, 0.15) is 60.3 Å². The van der Waals surface area contributed by atoms with Gasteiger partial charge in [-0.25, -0.2) is 0 Å². The highest BCUT2D eigenvalue weighted by Crippen LogP contribution is 2.61. The molecule has 1 aromatic heterocycles. The van der Waals surface area contributed by atoms with Crippen LogP contribution in [0, 0.1) is 30.1 Å². The summed E-state index contributed by atoms with van der Waals surface area (Å²) in [6.45, 7) is 1.73. The van der Waals surface area contributed by atoms with Gasteiger partial charge in [-0.2, -0.15) is 0 Å². The second-order valence-corrected chi connectivity index (χ2v) is 8.54. The summed E-state index contributed by atoms with van der Waals surface area (Å²) in [7, 11) is 0. The zero-order chi connectivity index (χ0) is 16.0. The highest BCUT2D eigenvalue weighted by atomic mass is 32.1. The maximum Gasteiger partial charge on any atom is 0.283 e. The van der Waals surface area contributed by atoms with Crippen LogP contribution in [0.15, 0.2) is 0 Å². The monoisotopic (exact) mass is 334 g/mol. The third-order valence-corrected chi connectivity index (χ3v) is 6.70. The Labute approximate surface area is 139 Å². The van der Waals surface area contributed by atoms with Crippen LogP contribution in [0.25, 0.3) is 0 Å². The average Bonchev–Trinajstić information content (AvgIpc) is 2.89. The van der Waals surface area contributed by atoms with E-state index in [4.69, 9.17) is 0 Å². The molecule has 0 unspecified atom stereocenters. The Kier molecular flexibility index (Phi) is 3.63. The summed E-state index contributed by atoms with van der Waals surface area (Å²) < 4.78 is 3.74. The Morgan fingerprint density at radius 2 is 1.74 bits per heavy atom. The van der Waals surface area contributed by atoms with Gasteiger partial charge in [-0.15, -0.1) is 5.10 Å². The first kappa shape index (κ1) is 15.1. The second-order valence-electron chi connectivity index (χ2n) is 7.78. The molecule has 2 N–H and O–H groups in total. The van der Waals surface area contributed by atoms with Gasteiger partial charge in [0.25, 0.3) is 5.91 Å². The molecule has 4 saturated carbocycles. The van der Waals surface area contributed by atoms with Crippen molar-refractivity contribution in [3.8, 4) is 0 Å². The molecule has 4 aliphatic carbocycles. The van der Waals surface area contributed by atoms with E-state index in [1.807, 2.05) is 0 Å². The van der Waals surface area contributed by atoms with E-state index in [9.17, 15) is 9.59 Å². The van der Waals surface area contributed by atoms with E-state index >= 15 is 0 Å². The Bertz CT molecular complexity index is 606. The zero-order valence-corrected chi connectivity index (χ0v) is 14.1. The molecule has 0 aliphatic heterocycles. The molecule has 124 valence electrons. The summed E-state index contributed by atoms with van der Waals surface area (Å²) in [6.07, 6.45) is 8.23. The Balaban J connectivity index is 1.34. The van der Waals surface area contributed by atoms with Gasteiger partial charge in [0.1, 0.15) is 4.88 Å². The molecule has 0 radical (unpaired) electrons. The molecule has 2 amide bonds. The maximum atomic E-state index is 12.3. The number of carbonyl (C=O) groups excluding carboxylic acids is 2. The number of aromatic nitrogens is 2. The van der Waals surface area contributed by atoms with Crippen LogP contribution in [0.5, 0.6) is 0 Å². The van der Waals surface area contributed by atoms with Crippen molar-refractivity contribution in [1.29, 1.82) is 0 Å². The largest absolute Gasteiger partial charge is 0.283 e. The minimum atomic E-state index is -0.337. The van der Waals surface area contributed by atoms with Crippen LogP contribution >= 0.6 is 11.5 Å². The normalized spacial score (nSPS) is 34.4. The van der Waals surface area contributed by atoms with Crippen molar-refractivity contribution in [2.45, 2.75) is 51.9 Å². The van der Waals surface area contributed by atoms with Crippen molar-refractivity contribution in [1.82, 2.24) is 20.4 Å². The van der Waals surface area contributed by atoms with Crippen LogP contribution in [-0.2, 0) is 4.79 Å². The molecule has 5 rings (SSSR count). The first-order valence-corrected chi connectivity index (χ1v) is 9.18. The van der Waals surface area contributed by atoms with Crippen LogP contribution in [0.4, 0.5) is 0 Å². The van der Waals surface area contributed by atoms with Crippen LogP contribution in [0.2, 0.25) is 0 Å². The van der Waals surface area contributed by atoms with Gasteiger partial charge >= 0.3 is 0 Å². The highest BCUT2D eigenvalue weighted by Gasteiger charge is 2.51. The summed E-state index contributed by atoms with van der Waals surface area (Å²) in [6, 6.07) is 0. The standard InChI is InChI=1S/C16H22N4O2S/c1-9-14(23-20-17-9)15(22)19-18-13(21)8-16-5-10-2-11(6-16)4-12(3-10)7-16/h10-12H,2-8H2,1H3,(H,18,21)(H,19,22). The minimum absolute atomic E-state index is 0.0737. The van der Waals surface area contributed by atoms with Gasteiger partial charge in [-0.05, 0) is 80.1 Å². The molecule has 7 heteroatoms. The molecule has 0 saturated heterocycles. The lowest BCUT2D eigenvalue weighted by Crippen LogP contribution is -2.50. The summed E-state index contributed by atoms with van der Waals surface area (Å²) in [5.41, 5.74) is 5.86. The van der Waals surface area contributed by atoms with E-state index in [-0.39, 0.29) is 17.2 Å². The molecule has 23 heavy (non-hydrogen) atoms. The van der Waals surface area contributed by atoms with Crippen molar-refractivity contribution in [3.63, 3.8) is 0 Å². The summed E-state index contributed by atoms with van der Waals surface area (Å²) in [5.74, 6) is 2.07. The molecular weight excluding hydrogens is 312 g/mol. The van der Waals surface area contributed by atoms with Crippen molar-refractivity contribution in [2.75, 3.05) is 0 Å². The van der Waals surface area contributed by atoms with Gasteiger partial charge in [-0.3, -0.25) is 20.4 Å². The van der Waals surface area contributed by atoms with Gasteiger partial charge in [0.05, 0.1) is 5.69 Å². The number of carbonyl (C=O) groups is 2. The number of nitrogens with one attached hydrogen (secondary N) is 2. The third-order valence-electron chi connectivity index (χ3n) is 5.87. The van der Waals surface area contributed by atoms with Gasteiger partial charge < -0.3 is 0 Å². The molecule has 1 aromatic rings. The quantitative estimate of drug-likeness (QED) is 0.830. The van der Waals surface area contributed by atoms with Crippen LogP contribution in [0.3, 0.4) is 0 Å². The smallest absolute Gasteiger partial charge is 0.273 e. The number of nitrogens with zero attached hydrogens (tertiary/aromatic N) is 2. The molecule has 4 bridgehead atoms. The number of amides is 2. The Morgan fingerprint density at radius 1 is 1.13 bits per heavy atom. The van der Waals surface area contributed by atoms with Crippen LogP contribution in [-0.4, -0.2) is 21.4 Å². The van der Waals surface area contributed by atoms with Crippen molar-refractivity contribution in [2.24, 2.45) is 23.2 Å². The zero-order valence-electron chi connectivity index (χ0n) is 13.3. The predicted octanol–water partition coefficient (Wildman–Crippen LogP) is 2.21. The fraction of sp³-hybridized carbons (Fsp3) is 0.750. The maximum absolute atomic E-state index is 12.3. The van der Waals surface area contributed by atoms with E-state index in [2.05, 4.69) is 20.4 Å². The van der Waals surface area contributed by atoms with Crippen molar-refractivity contribution < 1.29 is 9.59 Å². The number of hydrogen-bond donors (Lipinski definition) is 2. The lowest BCUT2D eigenvalue weighted by atomic mass is 9.49. The van der Waals surface area contributed by atoms with Crippen LogP contribution < -0.4 is 10.9 Å². The fourth-order valence-corrected chi connectivity index (χ4v) is 6.07. The molecule has 0 atom stereocenters. The first-order valence-electron chi connectivity index (χ1n) is 8.41. The molecule has 4 fully saturated rings. The SMILES string of the molecule is Cc1nnsc1C(=O)NNC(=O)CC12CC3CC(CC(C3)C1)C2. The fourth-order valence-electron chi connectivity index (χ4n) is 5.51. The van der Waals surface area contributed by atoms with Gasteiger partial charge in [0.2, 0.25) is 5.91 Å². The van der Waals surface area contributed by atoms with E-state index in [0.29, 0.717) is 17.0 Å². The van der Waals surface area contributed by atoms with E-state index in [1.54, 1.807) is 6.92 Å².